The van der Waals surface area contributed by atoms with Gasteiger partial charge in [-0.3, -0.25) is 0 Å². The molecule has 2 rings (SSSR count). The number of halogens is 3. The molecule has 2 aromatic carbocycles. The molecule has 2 nitrogen and oxygen atoms in total. The Balaban J connectivity index is 2.02. The van der Waals surface area contributed by atoms with Crippen LogP contribution in [0.3, 0.4) is 0 Å². The summed E-state index contributed by atoms with van der Waals surface area (Å²) in [5.74, 6) is 0. The Morgan fingerprint density at radius 2 is 1.57 bits per heavy atom. The van der Waals surface area contributed by atoms with Crippen molar-refractivity contribution in [3.8, 4) is 0 Å². The molecule has 2 N–H and O–H groups in total. The van der Waals surface area contributed by atoms with Gasteiger partial charge in [0.05, 0.1) is 5.56 Å². The van der Waals surface area contributed by atoms with Gasteiger partial charge in [0.25, 0.3) is 0 Å². The average Bonchev–Trinajstić information content (AvgIpc) is 2.41. The molecule has 0 unspecified atom stereocenters. The zero-order chi connectivity index (χ0) is 15.5. The predicted molar refractivity (Wildman–Crippen MR) is 82.5 cm³/mol. The first-order valence-electron chi connectivity index (χ1n) is 6.17. The molecule has 0 saturated carbocycles. The number of hydrogen-bond acceptors (Lipinski definition) is 1. The molecular formula is C15H13F3N2S. The Hall–Kier alpha value is -2.08. The Kier molecular flexibility index (Phi) is 4.47. The van der Waals surface area contributed by atoms with E-state index in [1.807, 2.05) is 31.2 Å². The molecular weight excluding hydrogens is 297 g/mol. The molecule has 0 aromatic heterocycles. The minimum absolute atomic E-state index is 0.323. The number of aryl methyl sites for hydroxylation is 1. The predicted octanol–water partition coefficient (Wildman–Crippen LogP) is 4.82. The molecule has 21 heavy (non-hydrogen) atoms. The third-order valence-electron chi connectivity index (χ3n) is 2.86. The molecule has 0 atom stereocenters. The molecule has 0 heterocycles. The molecule has 0 spiro atoms. The summed E-state index contributed by atoms with van der Waals surface area (Å²) in [6.45, 7) is 1.93. The molecule has 0 fully saturated rings. The number of thiocarbonyl (C=S) groups is 1. The zero-order valence-electron chi connectivity index (χ0n) is 11.2. The van der Waals surface area contributed by atoms with Crippen molar-refractivity contribution in [1.29, 1.82) is 0 Å². The fraction of sp³-hybridized carbons (Fsp3) is 0.133. The van der Waals surface area contributed by atoms with E-state index in [2.05, 4.69) is 10.6 Å². The van der Waals surface area contributed by atoms with Gasteiger partial charge in [-0.05, 0) is 55.0 Å². The van der Waals surface area contributed by atoms with E-state index in [1.54, 1.807) is 0 Å². The average molecular weight is 310 g/mol. The van der Waals surface area contributed by atoms with Gasteiger partial charge >= 0.3 is 6.18 Å². The fourth-order valence-electron chi connectivity index (χ4n) is 1.74. The number of para-hydroxylation sites is 1. The van der Waals surface area contributed by atoms with Gasteiger partial charge in [0.15, 0.2) is 5.11 Å². The highest BCUT2D eigenvalue weighted by Gasteiger charge is 2.29. The van der Waals surface area contributed by atoms with E-state index >= 15 is 0 Å². The minimum atomic E-state index is -4.33. The summed E-state index contributed by atoms with van der Waals surface area (Å²) in [5.41, 5.74) is 1.68. The van der Waals surface area contributed by atoms with Gasteiger partial charge in [-0.25, -0.2) is 0 Å². The summed E-state index contributed by atoms with van der Waals surface area (Å²) in [4.78, 5) is 0. The van der Waals surface area contributed by atoms with Crippen molar-refractivity contribution in [2.75, 3.05) is 10.6 Å². The van der Waals surface area contributed by atoms with Crippen LogP contribution in [-0.4, -0.2) is 5.11 Å². The summed E-state index contributed by atoms with van der Waals surface area (Å²) in [6, 6.07) is 12.3. The first kappa shape index (κ1) is 15.3. The lowest BCUT2D eigenvalue weighted by Gasteiger charge is -2.13. The Morgan fingerprint density at radius 1 is 0.952 bits per heavy atom. The Morgan fingerprint density at radius 3 is 2.14 bits per heavy atom. The SMILES string of the molecule is Cc1ccccc1NC(=S)Nc1ccc(C(F)(F)F)cc1. The lowest BCUT2D eigenvalue weighted by Crippen LogP contribution is -2.19. The second-order valence-corrected chi connectivity index (χ2v) is 4.88. The maximum atomic E-state index is 12.5. The minimum Gasteiger partial charge on any atom is -0.332 e. The van der Waals surface area contributed by atoms with Crippen LogP contribution in [0.1, 0.15) is 11.1 Å². The van der Waals surface area contributed by atoms with Gasteiger partial charge in [-0.2, -0.15) is 13.2 Å². The van der Waals surface area contributed by atoms with Crippen LogP contribution in [0.2, 0.25) is 0 Å². The highest BCUT2D eigenvalue weighted by atomic mass is 32.1. The van der Waals surface area contributed by atoms with Gasteiger partial charge in [0.2, 0.25) is 0 Å². The molecule has 110 valence electrons. The second-order valence-electron chi connectivity index (χ2n) is 4.47. The van der Waals surface area contributed by atoms with Crippen LogP contribution >= 0.6 is 12.2 Å². The third-order valence-corrected chi connectivity index (χ3v) is 3.07. The molecule has 0 amide bonds. The van der Waals surface area contributed by atoms with Crippen LogP contribution < -0.4 is 10.6 Å². The lowest BCUT2D eigenvalue weighted by molar-refractivity contribution is -0.137. The van der Waals surface area contributed by atoms with Crippen molar-refractivity contribution in [1.82, 2.24) is 0 Å². The number of hydrogen-bond donors (Lipinski definition) is 2. The maximum absolute atomic E-state index is 12.5. The van der Waals surface area contributed by atoms with Crippen molar-refractivity contribution in [3.05, 3.63) is 59.7 Å². The first-order chi connectivity index (χ1) is 9.86. The number of alkyl halides is 3. The van der Waals surface area contributed by atoms with E-state index in [0.29, 0.717) is 10.8 Å². The summed E-state index contributed by atoms with van der Waals surface area (Å²) in [6.07, 6.45) is -4.33. The maximum Gasteiger partial charge on any atom is 0.416 e. The van der Waals surface area contributed by atoms with Crippen molar-refractivity contribution >= 4 is 28.7 Å². The van der Waals surface area contributed by atoms with Gasteiger partial charge in [0, 0.05) is 11.4 Å². The summed E-state index contributed by atoms with van der Waals surface area (Å²) in [7, 11) is 0. The van der Waals surface area contributed by atoms with Crippen molar-refractivity contribution in [3.63, 3.8) is 0 Å². The van der Waals surface area contributed by atoms with Gasteiger partial charge < -0.3 is 10.6 Å². The summed E-state index contributed by atoms with van der Waals surface area (Å²) in [5, 5.41) is 6.17. The molecule has 0 radical (unpaired) electrons. The van der Waals surface area contributed by atoms with Crippen LogP contribution in [-0.2, 0) is 6.18 Å². The largest absolute Gasteiger partial charge is 0.416 e. The Bertz CT molecular complexity index is 636. The lowest BCUT2D eigenvalue weighted by atomic mass is 10.2. The first-order valence-corrected chi connectivity index (χ1v) is 6.58. The van der Waals surface area contributed by atoms with E-state index in [9.17, 15) is 13.2 Å². The smallest absolute Gasteiger partial charge is 0.332 e. The van der Waals surface area contributed by atoms with Gasteiger partial charge in [-0.1, -0.05) is 18.2 Å². The van der Waals surface area contributed by atoms with E-state index in [4.69, 9.17) is 12.2 Å². The van der Waals surface area contributed by atoms with Crippen molar-refractivity contribution in [2.24, 2.45) is 0 Å². The molecule has 0 aliphatic carbocycles. The van der Waals surface area contributed by atoms with Crippen molar-refractivity contribution in [2.45, 2.75) is 13.1 Å². The van der Waals surface area contributed by atoms with Crippen molar-refractivity contribution < 1.29 is 13.2 Å². The highest BCUT2D eigenvalue weighted by molar-refractivity contribution is 7.80. The molecule has 6 heteroatoms. The molecule has 0 aliphatic rings. The molecule has 0 saturated heterocycles. The van der Waals surface area contributed by atoms with E-state index < -0.39 is 11.7 Å². The molecule has 2 aromatic rings. The van der Waals surface area contributed by atoms with Crippen LogP contribution in [0.25, 0.3) is 0 Å². The van der Waals surface area contributed by atoms with Crippen LogP contribution in [0.15, 0.2) is 48.5 Å². The summed E-state index contributed by atoms with van der Waals surface area (Å²) >= 11 is 5.14. The van der Waals surface area contributed by atoms with Gasteiger partial charge in [-0.15, -0.1) is 0 Å². The van der Waals surface area contributed by atoms with Gasteiger partial charge in [0.1, 0.15) is 0 Å². The quantitative estimate of drug-likeness (QED) is 0.777. The van der Waals surface area contributed by atoms with Crippen LogP contribution in [0.5, 0.6) is 0 Å². The number of anilines is 2. The number of nitrogens with one attached hydrogen (secondary N) is 2. The number of rotatable bonds is 2. The topological polar surface area (TPSA) is 24.1 Å². The normalized spacial score (nSPS) is 11.0. The fourth-order valence-corrected chi connectivity index (χ4v) is 1.97. The highest BCUT2D eigenvalue weighted by Crippen LogP contribution is 2.29. The summed E-state index contributed by atoms with van der Waals surface area (Å²) < 4.78 is 37.4. The monoisotopic (exact) mass is 310 g/mol. The van der Waals surface area contributed by atoms with Crippen LogP contribution in [0, 0.1) is 6.92 Å². The van der Waals surface area contributed by atoms with E-state index in [0.717, 1.165) is 23.4 Å². The van der Waals surface area contributed by atoms with Crippen LogP contribution in [0.4, 0.5) is 24.5 Å². The third kappa shape index (κ3) is 4.19. The number of benzene rings is 2. The second kappa shape index (κ2) is 6.13. The van der Waals surface area contributed by atoms with E-state index in [-0.39, 0.29) is 0 Å². The standard InChI is InChI=1S/C15H13F3N2S/c1-10-4-2-3-5-13(10)20-14(21)19-12-8-6-11(7-9-12)15(16,17)18/h2-9H,1H3,(H2,19,20,21). The zero-order valence-corrected chi connectivity index (χ0v) is 12.0. The Labute approximate surface area is 126 Å². The van der Waals surface area contributed by atoms with E-state index in [1.165, 1.54) is 12.1 Å². The molecule has 0 bridgehead atoms. The molecule has 0 aliphatic heterocycles.